The summed E-state index contributed by atoms with van der Waals surface area (Å²) in [5.74, 6) is -0.372. The molecule has 9 heteroatoms. The number of aromatic nitrogens is 4. The number of hydrogen-bond acceptors (Lipinski definition) is 6. The zero-order chi connectivity index (χ0) is 21.7. The third-order valence-corrected chi connectivity index (χ3v) is 6.89. The molecule has 1 aliphatic heterocycles. The van der Waals surface area contributed by atoms with Gasteiger partial charge in [-0.15, -0.1) is 10.2 Å². The number of nitrogens with one attached hydrogen (secondary N) is 2. The molecule has 4 rings (SSSR count). The molecule has 2 N–H and O–H groups in total. The van der Waals surface area contributed by atoms with Crippen LogP contribution in [-0.2, 0) is 0 Å². The summed E-state index contributed by atoms with van der Waals surface area (Å²) >= 11 is 7.91. The van der Waals surface area contributed by atoms with E-state index in [0.29, 0.717) is 32.8 Å². The molecule has 0 radical (unpaired) electrons. The minimum Gasteiger partial charge on any atom is -0.347 e. The van der Waals surface area contributed by atoms with Crippen LogP contribution in [-0.4, -0.2) is 44.6 Å². The van der Waals surface area contributed by atoms with Crippen LogP contribution in [0.15, 0.2) is 24.5 Å². The first-order chi connectivity index (χ1) is 14.0. The van der Waals surface area contributed by atoms with Crippen molar-refractivity contribution in [2.24, 2.45) is 0 Å². The molecule has 0 saturated carbocycles. The largest absolute Gasteiger partial charge is 0.347 e. The van der Waals surface area contributed by atoms with Gasteiger partial charge in [-0.25, -0.2) is 4.39 Å². The van der Waals surface area contributed by atoms with Crippen molar-refractivity contribution < 1.29 is 4.39 Å². The van der Waals surface area contributed by atoms with Gasteiger partial charge >= 0.3 is 0 Å². The van der Waals surface area contributed by atoms with E-state index < -0.39 is 0 Å². The Morgan fingerprint density at radius 3 is 2.47 bits per heavy atom. The maximum atomic E-state index is 14.7. The molecule has 1 aromatic carbocycles. The summed E-state index contributed by atoms with van der Waals surface area (Å²) in [7, 11) is 2.05. The molecule has 0 atom stereocenters. The van der Waals surface area contributed by atoms with E-state index in [1.807, 2.05) is 0 Å². The highest BCUT2D eigenvalue weighted by Gasteiger charge is 2.39. The molecule has 160 valence electrons. The van der Waals surface area contributed by atoms with Gasteiger partial charge in [-0.3, -0.25) is 5.10 Å². The lowest BCUT2D eigenvalue weighted by atomic mass is 9.79. The number of hydrogen-bond donors (Lipinski definition) is 2. The first-order valence-corrected chi connectivity index (χ1v) is 11.1. The third-order valence-electron chi connectivity index (χ3n) is 5.53. The van der Waals surface area contributed by atoms with Crippen LogP contribution in [0.2, 0.25) is 5.02 Å². The molecule has 0 spiro atoms. The lowest BCUT2D eigenvalue weighted by molar-refractivity contribution is 0.161. The van der Waals surface area contributed by atoms with Crippen molar-refractivity contribution in [1.82, 2.24) is 25.7 Å². The molecule has 0 unspecified atom stereocenters. The van der Waals surface area contributed by atoms with E-state index >= 15 is 0 Å². The smallest absolute Gasteiger partial charge is 0.208 e. The van der Waals surface area contributed by atoms with E-state index in [4.69, 9.17) is 11.6 Å². The Hall–Kier alpha value is -2.03. The topological polar surface area (TPSA) is 69.7 Å². The van der Waals surface area contributed by atoms with Gasteiger partial charge in [0.1, 0.15) is 5.82 Å². The summed E-state index contributed by atoms with van der Waals surface area (Å²) in [5, 5.41) is 20.8. The third kappa shape index (κ3) is 4.22. The Balaban J connectivity index is 1.61. The standard InChI is InChI=1S/C21H26ClFN6S/c1-20(2)8-13(9-21(3,4)28-20)29(5)19-27-26-18(30-19)15-7-17(23)14(6-16(15)22)12-10-24-25-11-12/h6-7,10-11,13,28H,8-9H2,1-5H3,(H,24,25). The molecule has 1 saturated heterocycles. The van der Waals surface area contributed by atoms with E-state index in [1.54, 1.807) is 18.5 Å². The minimum absolute atomic E-state index is 0.0313. The number of rotatable bonds is 4. The van der Waals surface area contributed by atoms with Crippen LogP contribution in [0.5, 0.6) is 0 Å². The number of piperidine rings is 1. The molecular weight excluding hydrogens is 423 g/mol. The van der Waals surface area contributed by atoms with E-state index in [-0.39, 0.29) is 16.9 Å². The van der Waals surface area contributed by atoms with Gasteiger partial charge in [-0.1, -0.05) is 22.9 Å². The Bertz CT molecular complexity index is 1030. The second-order valence-electron chi connectivity index (χ2n) is 9.25. The van der Waals surface area contributed by atoms with Gasteiger partial charge in [0.15, 0.2) is 5.01 Å². The van der Waals surface area contributed by atoms with Crippen molar-refractivity contribution in [2.75, 3.05) is 11.9 Å². The first-order valence-electron chi connectivity index (χ1n) is 9.89. The van der Waals surface area contributed by atoms with Crippen molar-refractivity contribution in [1.29, 1.82) is 0 Å². The predicted octanol–water partition coefficient (Wildman–Crippen LogP) is 5.13. The van der Waals surface area contributed by atoms with Crippen LogP contribution >= 0.6 is 22.9 Å². The molecule has 2 aromatic heterocycles. The summed E-state index contributed by atoms with van der Waals surface area (Å²) in [4.78, 5) is 2.19. The Morgan fingerprint density at radius 2 is 1.83 bits per heavy atom. The molecule has 0 bridgehead atoms. The number of aromatic amines is 1. The van der Waals surface area contributed by atoms with Crippen molar-refractivity contribution >= 4 is 28.1 Å². The lowest BCUT2D eigenvalue weighted by Crippen LogP contribution is -2.61. The Kier molecular flexibility index (Phi) is 5.36. The van der Waals surface area contributed by atoms with E-state index in [9.17, 15) is 4.39 Å². The van der Waals surface area contributed by atoms with Crippen LogP contribution in [0.4, 0.5) is 9.52 Å². The second kappa shape index (κ2) is 7.59. The van der Waals surface area contributed by atoms with Crippen molar-refractivity contribution in [2.45, 2.75) is 57.7 Å². The summed E-state index contributed by atoms with van der Waals surface area (Å²) in [5.41, 5.74) is 1.66. The maximum Gasteiger partial charge on any atom is 0.208 e. The van der Waals surface area contributed by atoms with Gasteiger partial charge in [0, 0.05) is 47.1 Å². The normalized spacial score (nSPS) is 18.5. The summed E-state index contributed by atoms with van der Waals surface area (Å²) < 4.78 is 14.7. The van der Waals surface area contributed by atoms with Crippen LogP contribution in [0, 0.1) is 5.82 Å². The first kappa shape index (κ1) is 21.2. The predicted molar refractivity (Wildman–Crippen MR) is 121 cm³/mol. The Morgan fingerprint density at radius 1 is 1.13 bits per heavy atom. The second-order valence-corrected chi connectivity index (χ2v) is 10.6. The van der Waals surface area contributed by atoms with Crippen LogP contribution in [0.25, 0.3) is 21.7 Å². The van der Waals surface area contributed by atoms with Crippen LogP contribution < -0.4 is 10.2 Å². The Labute approximate surface area is 184 Å². The molecule has 3 heterocycles. The highest BCUT2D eigenvalue weighted by atomic mass is 35.5. The monoisotopic (exact) mass is 448 g/mol. The molecule has 6 nitrogen and oxygen atoms in total. The molecule has 0 aliphatic carbocycles. The fraction of sp³-hybridized carbons (Fsp3) is 0.476. The number of nitrogens with zero attached hydrogens (tertiary/aromatic N) is 4. The zero-order valence-corrected chi connectivity index (χ0v) is 19.3. The van der Waals surface area contributed by atoms with Gasteiger partial charge in [0.25, 0.3) is 0 Å². The van der Waals surface area contributed by atoms with Gasteiger partial charge in [0.05, 0.1) is 11.2 Å². The van der Waals surface area contributed by atoms with Crippen LogP contribution in [0.1, 0.15) is 40.5 Å². The lowest BCUT2D eigenvalue weighted by Gasteiger charge is -2.48. The van der Waals surface area contributed by atoms with Crippen molar-refractivity contribution in [3.63, 3.8) is 0 Å². The highest BCUT2D eigenvalue weighted by molar-refractivity contribution is 7.18. The molecule has 0 amide bonds. The molecule has 1 aliphatic rings. The quantitative estimate of drug-likeness (QED) is 0.578. The fourth-order valence-corrected chi connectivity index (χ4v) is 5.71. The van der Waals surface area contributed by atoms with Gasteiger partial charge < -0.3 is 10.2 Å². The maximum absolute atomic E-state index is 14.7. The van der Waals surface area contributed by atoms with E-state index in [1.165, 1.54) is 17.4 Å². The molecule has 1 fully saturated rings. The number of anilines is 1. The number of halogens is 2. The van der Waals surface area contributed by atoms with Gasteiger partial charge in [0.2, 0.25) is 5.13 Å². The van der Waals surface area contributed by atoms with Crippen LogP contribution in [0.3, 0.4) is 0 Å². The summed E-state index contributed by atoms with van der Waals surface area (Å²) in [6.07, 6.45) is 5.19. The zero-order valence-electron chi connectivity index (χ0n) is 17.8. The molecular formula is C21H26ClFN6S. The highest BCUT2D eigenvalue weighted by Crippen LogP contribution is 2.39. The minimum atomic E-state index is -0.372. The SMILES string of the molecule is CN(c1nnc(-c2cc(F)c(-c3cn[nH]c3)cc2Cl)s1)C1CC(C)(C)NC(C)(C)C1. The van der Waals surface area contributed by atoms with Gasteiger partial charge in [-0.05, 0) is 52.7 Å². The molecule has 3 aromatic rings. The van der Waals surface area contributed by atoms with Crippen molar-refractivity contribution in [3.8, 4) is 21.7 Å². The van der Waals surface area contributed by atoms with E-state index in [0.717, 1.165) is 18.0 Å². The average Bonchev–Trinajstić information content (AvgIpc) is 3.31. The van der Waals surface area contributed by atoms with E-state index in [2.05, 4.69) is 65.4 Å². The van der Waals surface area contributed by atoms with Gasteiger partial charge in [-0.2, -0.15) is 5.10 Å². The molecule has 30 heavy (non-hydrogen) atoms. The fourth-order valence-electron chi connectivity index (χ4n) is 4.50. The van der Waals surface area contributed by atoms with Crippen molar-refractivity contribution in [3.05, 3.63) is 35.4 Å². The average molecular weight is 449 g/mol. The summed E-state index contributed by atoms with van der Waals surface area (Å²) in [6, 6.07) is 3.36. The summed E-state index contributed by atoms with van der Waals surface area (Å²) in [6.45, 7) is 8.91. The number of H-pyrrole nitrogens is 1. The number of benzene rings is 1.